The Hall–Kier alpha value is -0.300. The molecule has 4 nitrogen and oxygen atoms in total. The van der Waals surface area contributed by atoms with E-state index in [0.717, 1.165) is 18.5 Å². The highest BCUT2D eigenvalue weighted by Crippen LogP contribution is 1.98. The summed E-state index contributed by atoms with van der Waals surface area (Å²) >= 11 is 0. The van der Waals surface area contributed by atoms with Gasteiger partial charge in [-0.1, -0.05) is 38.3 Å². The number of ether oxygens (including phenoxy) is 1. The second-order valence-electron chi connectivity index (χ2n) is 4.26. The molecule has 0 unspecified atom stereocenters. The van der Waals surface area contributed by atoms with Gasteiger partial charge < -0.3 is 15.8 Å². The van der Waals surface area contributed by atoms with E-state index < -0.39 is 0 Å². The molecular formula is C13H28IN3O. The van der Waals surface area contributed by atoms with Crippen LogP contribution in [0.5, 0.6) is 0 Å². The molecule has 0 aromatic heterocycles. The number of halogens is 1. The lowest BCUT2D eigenvalue weighted by molar-refractivity contribution is 0.161. The van der Waals surface area contributed by atoms with Crippen LogP contribution in [0.15, 0.2) is 17.1 Å². The molecule has 0 heterocycles. The maximum Gasteiger partial charge on any atom is 0.188 e. The summed E-state index contributed by atoms with van der Waals surface area (Å²) in [4.78, 5) is 4.24. The summed E-state index contributed by atoms with van der Waals surface area (Å²) in [7, 11) is 0. The second-order valence-corrected chi connectivity index (χ2v) is 4.26. The van der Waals surface area contributed by atoms with Gasteiger partial charge in [-0.05, 0) is 13.3 Å². The van der Waals surface area contributed by atoms with Gasteiger partial charge in [0.05, 0.1) is 13.2 Å². The molecule has 0 aliphatic heterocycles. The SMILES string of the molecule is C=C(C)COCCNC(N)=NCCCCCC.I. The highest BCUT2D eigenvalue weighted by molar-refractivity contribution is 14.0. The van der Waals surface area contributed by atoms with Gasteiger partial charge in [-0.2, -0.15) is 0 Å². The Kier molecular flexibility index (Phi) is 16.4. The smallest absolute Gasteiger partial charge is 0.188 e. The van der Waals surface area contributed by atoms with Gasteiger partial charge in [0.25, 0.3) is 0 Å². The first kappa shape index (κ1) is 20.0. The molecule has 3 N–H and O–H groups in total. The molecule has 0 aromatic rings. The Morgan fingerprint density at radius 2 is 2.06 bits per heavy atom. The molecular weight excluding hydrogens is 341 g/mol. The summed E-state index contributed by atoms with van der Waals surface area (Å²) < 4.78 is 5.33. The summed E-state index contributed by atoms with van der Waals surface area (Å²) in [6, 6.07) is 0. The van der Waals surface area contributed by atoms with Crippen molar-refractivity contribution in [2.45, 2.75) is 39.5 Å². The minimum Gasteiger partial charge on any atom is -0.375 e. The lowest BCUT2D eigenvalue weighted by Gasteiger charge is -2.06. The van der Waals surface area contributed by atoms with Crippen molar-refractivity contribution in [1.82, 2.24) is 5.32 Å². The van der Waals surface area contributed by atoms with E-state index in [-0.39, 0.29) is 24.0 Å². The molecule has 0 fully saturated rings. The molecule has 0 aliphatic carbocycles. The lowest BCUT2D eigenvalue weighted by atomic mass is 10.2. The number of guanidine groups is 1. The number of rotatable bonds is 10. The summed E-state index contributed by atoms with van der Waals surface area (Å²) in [6.07, 6.45) is 4.87. The van der Waals surface area contributed by atoms with Crippen LogP contribution in [0.1, 0.15) is 39.5 Å². The van der Waals surface area contributed by atoms with Gasteiger partial charge in [0, 0.05) is 13.1 Å². The van der Waals surface area contributed by atoms with E-state index in [1.54, 1.807) is 0 Å². The van der Waals surface area contributed by atoms with Crippen molar-refractivity contribution in [1.29, 1.82) is 0 Å². The third-order valence-electron chi connectivity index (χ3n) is 2.19. The number of hydrogen-bond donors (Lipinski definition) is 2. The number of hydrogen-bond acceptors (Lipinski definition) is 2. The first-order valence-corrected chi connectivity index (χ1v) is 6.42. The fourth-order valence-electron chi connectivity index (χ4n) is 1.29. The average Bonchev–Trinajstić information content (AvgIpc) is 2.28. The van der Waals surface area contributed by atoms with Crippen molar-refractivity contribution in [3.63, 3.8) is 0 Å². The molecule has 0 rings (SSSR count). The van der Waals surface area contributed by atoms with Gasteiger partial charge in [-0.15, -0.1) is 24.0 Å². The van der Waals surface area contributed by atoms with Crippen LogP contribution in [0.25, 0.3) is 0 Å². The Balaban J connectivity index is 0. The van der Waals surface area contributed by atoms with Crippen LogP contribution in [0.4, 0.5) is 0 Å². The zero-order valence-electron chi connectivity index (χ0n) is 11.7. The fourth-order valence-corrected chi connectivity index (χ4v) is 1.29. The molecule has 0 bridgehead atoms. The average molecular weight is 369 g/mol. The third-order valence-corrected chi connectivity index (χ3v) is 2.19. The van der Waals surface area contributed by atoms with Crippen LogP contribution in [0, 0.1) is 0 Å². The normalized spacial score (nSPS) is 10.9. The predicted octanol–water partition coefficient (Wildman–Crippen LogP) is 2.68. The number of nitrogens with one attached hydrogen (secondary N) is 1. The zero-order chi connectivity index (χ0) is 12.9. The molecule has 0 spiro atoms. The molecule has 0 aliphatic rings. The summed E-state index contributed by atoms with van der Waals surface area (Å²) in [5.74, 6) is 0.514. The van der Waals surface area contributed by atoms with Crippen LogP contribution in [0.2, 0.25) is 0 Å². The molecule has 5 heteroatoms. The van der Waals surface area contributed by atoms with E-state index in [1.807, 2.05) is 6.92 Å². The van der Waals surface area contributed by atoms with Crippen LogP contribution < -0.4 is 11.1 Å². The van der Waals surface area contributed by atoms with Gasteiger partial charge >= 0.3 is 0 Å². The Morgan fingerprint density at radius 1 is 1.33 bits per heavy atom. The number of aliphatic imine (C=N–C) groups is 1. The van der Waals surface area contributed by atoms with Crippen LogP contribution >= 0.6 is 24.0 Å². The zero-order valence-corrected chi connectivity index (χ0v) is 14.0. The van der Waals surface area contributed by atoms with Gasteiger partial charge in [0.1, 0.15) is 0 Å². The summed E-state index contributed by atoms with van der Waals surface area (Å²) in [6.45, 7) is 10.6. The molecule has 0 saturated heterocycles. The Bertz CT molecular complexity index is 232. The van der Waals surface area contributed by atoms with Crippen molar-refractivity contribution in [3.8, 4) is 0 Å². The van der Waals surface area contributed by atoms with Gasteiger partial charge in [0.2, 0.25) is 0 Å². The molecule has 0 radical (unpaired) electrons. The molecule has 0 aromatic carbocycles. The van der Waals surface area contributed by atoms with E-state index in [2.05, 4.69) is 23.8 Å². The van der Waals surface area contributed by atoms with Crippen LogP contribution in [-0.2, 0) is 4.74 Å². The second kappa shape index (κ2) is 14.8. The van der Waals surface area contributed by atoms with Crippen LogP contribution in [-0.4, -0.2) is 32.3 Å². The lowest BCUT2D eigenvalue weighted by Crippen LogP contribution is -2.34. The summed E-state index contributed by atoms with van der Waals surface area (Å²) in [5.41, 5.74) is 6.73. The highest BCUT2D eigenvalue weighted by atomic mass is 127. The van der Waals surface area contributed by atoms with E-state index in [1.165, 1.54) is 19.3 Å². The topological polar surface area (TPSA) is 59.6 Å². The van der Waals surface area contributed by atoms with Gasteiger partial charge in [0.15, 0.2) is 5.96 Å². The standard InChI is InChI=1S/C13H27N3O.HI/c1-4-5-6-7-8-15-13(14)16-9-10-17-11-12(2)3;/h2,4-11H2,1,3H3,(H3,14,15,16);1H. The predicted molar refractivity (Wildman–Crippen MR) is 89.7 cm³/mol. The quantitative estimate of drug-likeness (QED) is 0.205. The molecule has 0 saturated carbocycles. The Labute approximate surface area is 128 Å². The number of nitrogens with two attached hydrogens (primary N) is 1. The third kappa shape index (κ3) is 15.7. The maximum atomic E-state index is 5.70. The molecule has 108 valence electrons. The van der Waals surface area contributed by atoms with Crippen molar-refractivity contribution in [3.05, 3.63) is 12.2 Å². The van der Waals surface area contributed by atoms with Crippen molar-refractivity contribution >= 4 is 29.9 Å². The van der Waals surface area contributed by atoms with E-state index >= 15 is 0 Å². The summed E-state index contributed by atoms with van der Waals surface area (Å²) in [5, 5.41) is 3.02. The first-order chi connectivity index (χ1) is 8.16. The van der Waals surface area contributed by atoms with E-state index in [4.69, 9.17) is 10.5 Å². The Morgan fingerprint density at radius 3 is 2.67 bits per heavy atom. The molecule has 18 heavy (non-hydrogen) atoms. The van der Waals surface area contributed by atoms with E-state index in [0.29, 0.717) is 25.7 Å². The van der Waals surface area contributed by atoms with Crippen LogP contribution in [0.3, 0.4) is 0 Å². The first-order valence-electron chi connectivity index (χ1n) is 6.42. The highest BCUT2D eigenvalue weighted by Gasteiger charge is 1.92. The fraction of sp³-hybridized carbons (Fsp3) is 0.769. The molecule has 0 atom stereocenters. The minimum atomic E-state index is 0. The largest absolute Gasteiger partial charge is 0.375 e. The minimum absolute atomic E-state index is 0. The molecule has 0 amide bonds. The van der Waals surface area contributed by atoms with Crippen molar-refractivity contribution < 1.29 is 4.74 Å². The van der Waals surface area contributed by atoms with Crippen molar-refractivity contribution in [2.24, 2.45) is 10.7 Å². The number of nitrogens with zero attached hydrogens (tertiary/aromatic N) is 1. The van der Waals surface area contributed by atoms with Gasteiger partial charge in [-0.3, -0.25) is 4.99 Å². The van der Waals surface area contributed by atoms with Gasteiger partial charge in [-0.25, -0.2) is 0 Å². The monoisotopic (exact) mass is 369 g/mol. The maximum absolute atomic E-state index is 5.70. The van der Waals surface area contributed by atoms with Crippen molar-refractivity contribution in [2.75, 3.05) is 26.3 Å². The van der Waals surface area contributed by atoms with E-state index in [9.17, 15) is 0 Å². The number of unbranched alkanes of at least 4 members (excludes halogenated alkanes) is 3.